The highest BCUT2D eigenvalue weighted by molar-refractivity contribution is 5.71. The number of esters is 3. The quantitative estimate of drug-likeness (QED) is 0.0261. The van der Waals surface area contributed by atoms with Gasteiger partial charge in [-0.2, -0.15) is 0 Å². The molecule has 0 spiro atoms. The number of rotatable bonds is 63. The smallest absolute Gasteiger partial charge is 0.306 e. The van der Waals surface area contributed by atoms with Crippen LogP contribution < -0.4 is 0 Å². The van der Waals surface area contributed by atoms with Crippen molar-refractivity contribution < 1.29 is 28.6 Å². The average molecular weight is 1140 g/mol. The van der Waals surface area contributed by atoms with Gasteiger partial charge in [0.15, 0.2) is 6.10 Å². The Hall–Kier alpha value is -3.93. The number of unbranched alkanes of at least 4 members (excludes halogenated alkanes) is 34. The second-order valence-corrected chi connectivity index (χ2v) is 23.1. The van der Waals surface area contributed by atoms with Crippen LogP contribution >= 0.6 is 0 Å². The number of hydrogen-bond donors (Lipinski definition) is 0. The minimum atomic E-state index is -0.793. The maximum atomic E-state index is 13.0. The van der Waals surface area contributed by atoms with Crippen LogP contribution in [0.5, 0.6) is 0 Å². The van der Waals surface area contributed by atoms with Crippen LogP contribution in [0.1, 0.15) is 335 Å². The Balaban J connectivity index is 4.38. The summed E-state index contributed by atoms with van der Waals surface area (Å²) >= 11 is 0. The average Bonchev–Trinajstić information content (AvgIpc) is 3.47. The molecule has 0 aliphatic heterocycles. The van der Waals surface area contributed by atoms with Crippen LogP contribution in [0.25, 0.3) is 0 Å². The largest absolute Gasteiger partial charge is 0.462 e. The van der Waals surface area contributed by atoms with Crippen LogP contribution in [0.2, 0.25) is 0 Å². The Labute approximate surface area is 508 Å². The van der Waals surface area contributed by atoms with Crippen LogP contribution in [-0.2, 0) is 28.6 Å². The third-order valence-corrected chi connectivity index (χ3v) is 15.0. The first kappa shape index (κ1) is 78.1. The zero-order valence-electron chi connectivity index (χ0n) is 54.0. The first-order valence-corrected chi connectivity index (χ1v) is 34.9. The third-order valence-electron chi connectivity index (χ3n) is 15.0. The maximum Gasteiger partial charge on any atom is 0.306 e. The standard InChI is InChI=1S/C76H130O6/c1-4-7-10-13-16-19-22-25-28-31-33-35-36-37-38-39-40-42-43-45-48-51-54-57-60-63-66-69-75(78)81-72-73(71-80-74(77)68-65-62-59-56-53-50-47-30-27-24-21-18-15-12-9-6-3)82-76(79)70-67-64-61-58-55-52-49-46-44-41-34-32-29-26-23-20-17-14-11-8-5-2/h7,10,16,19,23,25-26,28,30,32-35,37-38,44,46-47,73H,4-6,8-9,11-15,17-18,20-22,24,27,29,31,36,39-43,45,48-72H2,1-3H3/b10-7-,19-16-,26-23-,28-25-,34-32-,35-33-,38-37-,46-44-,47-30-. The van der Waals surface area contributed by atoms with Crippen LogP contribution in [0.3, 0.4) is 0 Å². The highest BCUT2D eigenvalue weighted by Crippen LogP contribution is 2.16. The van der Waals surface area contributed by atoms with Gasteiger partial charge in [0.05, 0.1) is 0 Å². The minimum Gasteiger partial charge on any atom is -0.462 e. The second kappa shape index (κ2) is 69.6. The normalized spacial score (nSPS) is 12.8. The first-order valence-electron chi connectivity index (χ1n) is 34.9. The summed E-state index contributed by atoms with van der Waals surface area (Å²) < 4.78 is 17.0. The highest BCUT2D eigenvalue weighted by Gasteiger charge is 2.19. The van der Waals surface area contributed by atoms with E-state index in [1.54, 1.807) is 0 Å². The van der Waals surface area contributed by atoms with Gasteiger partial charge in [-0.3, -0.25) is 14.4 Å². The Morgan fingerprint density at radius 3 is 0.756 bits per heavy atom. The van der Waals surface area contributed by atoms with Gasteiger partial charge in [0.1, 0.15) is 13.2 Å². The molecule has 82 heavy (non-hydrogen) atoms. The van der Waals surface area contributed by atoms with Crippen molar-refractivity contribution in [2.75, 3.05) is 13.2 Å². The van der Waals surface area contributed by atoms with Gasteiger partial charge in [0.25, 0.3) is 0 Å². The van der Waals surface area contributed by atoms with E-state index in [0.29, 0.717) is 19.3 Å². The number of hydrogen-bond acceptors (Lipinski definition) is 6. The molecule has 0 heterocycles. The lowest BCUT2D eigenvalue weighted by molar-refractivity contribution is -0.167. The predicted octanol–water partition coefficient (Wildman–Crippen LogP) is 24.2. The second-order valence-electron chi connectivity index (χ2n) is 23.1. The highest BCUT2D eigenvalue weighted by atomic mass is 16.6. The Kier molecular flexibility index (Phi) is 66.2. The van der Waals surface area contributed by atoms with Crippen molar-refractivity contribution in [2.24, 2.45) is 0 Å². The summed E-state index contributed by atoms with van der Waals surface area (Å²) in [5.41, 5.74) is 0. The monoisotopic (exact) mass is 1140 g/mol. The molecule has 1 atom stereocenters. The van der Waals surface area contributed by atoms with Gasteiger partial charge in [0.2, 0.25) is 0 Å². The van der Waals surface area contributed by atoms with E-state index in [1.165, 1.54) is 173 Å². The van der Waals surface area contributed by atoms with E-state index in [-0.39, 0.29) is 31.1 Å². The van der Waals surface area contributed by atoms with Crippen molar-refractivity contribution in [3.05, 3.63) is 109 Å². The molecule has 0 rings (SSSR count). The van der Waals surface area contributed by atoms with E-state index in [4.69, 9.17) is 14.2 Å². The van der Waals surface area contributed by atoms with Crippen molar-refractivity contribution in [1.82, 2.24) is 0 Å². The zero-order valence-corrected chi connectivity index (χ0v) is 54.0. The summed E-state index contributed by atoms with van der Waals surface area (Å²) in [6.45, 7) is 6.53. The zero-order chi connectivity index (χ0) is 59.2. The number of carbonyl (C=O) groups excluding carboxylic acids is 3. The summed E-state index contributed by atoms with van der Waals surface area (Å²) in [4.78, 5) is 38.5. The van der Waals surface area contributed by atoms with Gasteiger partial charge < -0.3 is 14.2 Å². The van der Waals surface area contributed by atoms with Crippen molar-refractivity contribution in [3.8, 4) is 0 Å². The summed E-state index contributed by atoms with van der Waals surface area (Å²) in [6, 6.07) is 0. The molecule has 0 aromatic rings. The Morgan fingerprint density at radius 1 is 0.256 bits per heavy atom. The van der Waals surface area contributed by atoms with E-state index in [0.717, 1.165) is 122 Å². The molecular formula is C76H130O6. The molecule has 0 aromatic heterocycles. The topological polar surface area (TPSA) is 78.9 Å². The molecular weight excluding hydrogens is 1010 g/mol. The molecule has 0 aliphatic carbocycles. The first-order chi connectivity index (χ1) is 40.5. The number of carbonyl (C=O) groups is 3. The summed E-state index contributed by atoms with van der Waals surface area (Å²) in [5, 5.41) is 0. The van der Waals surface area contributed by atoms with Crippen molar-refractivity contribution >= 4 is 17.9 Å². The maximum absolute atomic E-state index is 13.0. The summed E-state index contributed by atoms with van der Waals surface area (Å²) in [7, 11) is 0. The lowest BCUT2D eigenvalue weighted by Gasteiger charge is -2.18. The minimum absolute atomic E-state index is 0.0872. The van der Waals surface area contributed by atoms with Crippen molar-refractivity contribution in [3.63, 3.8) is 0 Å². The Morgan fingerprint density at radius 2 is 0.476 bits per heavy atom. The molecule has 0 amide bonds. The predicted molar refractivity (Wildman–Crippen MR) is 357 cm³/mol. The molecule has 0 N–H and O–H groups in total. The van der Waals surface area contributed by atoms with Gasteiger partial charge in [0, 0.05) is 19.3 Å². The van der Waals surface area contributed by atoms with Gasteiger partial charge in [-0.05, 0) is 128 Å². The SMILES string of the molecule is CC/C=C\C/C=C\C/C=C\C/C=C\C/C=C\CCCCCCCCCCCCCC(=O)OCC(COC(=O)CCCCCCC/C=C\CCCCCCCCC)OC(=O)CCCCCCCC/C=C\C/C=C\C/C=C\CCCCCCC. The van der Waals surface area contributed by atoms with E-state index in [1.807, 2.05) is 0 Å². The van der Waals surface area contributed by atoms with Gasteiger partial charge in [-0.15, -0.1) is 0 Å². The number of allylic oxidation sites excluding steroid dienone is 18. The van der Waals surface area contributed by atoms with Crippen molar-refractivity contribution in [2.45, 2.75) is 341 Å². The van der Waals surface area contributed by atoms with Gasteiger partial charge >= 0.3 is 17.9 Å². The van der Waals surface area contributed by atoms with Gasteiger partial charge in [-0.25, -0.2) is 0 Å². The molecule has 1 unspecified atom stereocenters. The van der Waals surface area contributed by atoms with Gasteiger partial charge in [-0.1, -0.05) is 297 Å². The fraction of sp³-hybridized carbons (Fsp3) is 0.724. The fourth-order valence-electron chi connectivity index (χ4n) is 9.77. The van der Waals surface area contributed by atoms with Crippen LogP contribution in [0.4, 0.5) is 0 Å². The molecule has 0 aliphatic rings. The molecule has 470 valence electrons. The number of ether oxygens (including phenoxy) is 3. The lowest BCUT2D eigenvalue weighted by Crippen LogP contribution is -2.30. The molecule has 0 aromatic carbocycles. The third kappa shape index (κ3) is 66.9. The van der Waals surface area contributed by atoms with E-state index in [9.17, 15) is 14.4 Å². The van der Waals surface area contributed by atoms with Crippen molar-refractivity contribution in [1.29, 1.82) is 0 Å². The molecule has 0 saturated heterocycles. The van der Waals surface area contributed by atoms with Crippen LogP contribution in [0, 0.1) is 0 Å². The summed E-state index contributed by atoms with van der Waals surface area (Å²) in [5.74, 6) is -0.898. The lowest BCUT2D eigenvalue weighted by atomic mass is 10.0. The Bertz CT molecular complexity index is 1640. The molecule has 0 fully saturated rings. The molecule has 6 nitrogen and oxygen atoms in total. The molecule has 0 bridgehead atoms. The van der Waals surface area contributed by atoms with E-state index in [2.05, 4.69) is 130 Å². The molecule has 0 saturated carbocycles. The van der Waals surface area contributed by atoms with Crippen LogP contribution in [0.15, 0.2) is 109 Å². The molecule has 6 heteroatoms. The van der Waals surface area contributed by atoms with E-state index >= 15 is 0 Å². The van der Waals surface area contributed by atoms with Crippen LogP contribution in [-0.4, -0.2) is 37.2 Å². The summed E-state index contributed by atoms with van der Waals surface area (Å²) in [6.07, 6.45) is 95.3. The fourth-order valence-corrected chi connectivity index (χ4v) is 9.77. The van der Waals surface area contributed by atoms with E-state index < -0.39 is 6.10 Å². The molecule has 0 radical (unpaired) electrons.